The van der Waals surface area contributed by atoms with Crippen LogP contribution in [0.4, 0.5) is 11.6 Å². The molecule has 1 heterocycles. The molecule has 0 aliphatic carbocycles. The number of hydrogen-bond acceptors (Lipinski definition) is 3. The van der Waals surface area contributed by atoms with Crippen molar-refractivity contribution >= 4 is 11.6 Å². The van der Waals surface area contributed by atoms with Gasteiger partial charge in [0, 0.05) is 13.6 Å². The number of nitrogens with zero attached hydrogens (tertiary/aromatic N) is 1. The Kier molecular flexibility index (Phi) is 4.18. The van der Waals surface area contributed by atoms with E-state index in [1.807, 2.05) is 25.2 Å². The third-order valence-electron chi connectivity index (χ3n) is 2.81. The Morgan fingerprint density at radius 2 is 1.83 bits per heavy atom. The van der Waals surface area contributed by atoms with E-state index < -0.39 is 0 Å². The van der Waals surface area contributed by atoms with Crippen LogP contribution in [0.15, 0.2) is 42.5 Å². The molecule has 0 radical (unpaired) electrons. The summed E-state index contributed by atoms with van der Waals surface area (Å²) in [7, 11) is 1.87. The van der Waals surface area contributed by atoms with Gasteiger partial charge in [0.05, 0.1) is 0 Å². The van der Waals surface area contributed by atoms with Gasteiger partial charge in [0.25, 0.3) is 0 Å². The van der Waals surface area contributed by atoms with Crippen molar-refractivity contribution in [3.63, 3.8) is 0 Å². The van der Waals surface area contributed by atoms with Crippen molar-refractivity contribution in [3.05, 3.63) is 53.6 Å². The molecule has 3 nitrogen and oxygen atoms in total. The van der Waals surface area contributed by atoms with Gasteiger partial charge in [0.1, 0.15) is 11.6 Å². The predicted molar refractivity (Wildman–Crippen MR) is 77.2 cm³/mol. The van der Waals surface area contributed by atoms with Gasteiger partial charge in [-0.2, -0.15) is 0 Å². The molecule has 0 amide bonds. The second kappa shape index (κ2) is 6.05. The molecule has 1 aromatic carbocycles. The zero-order valence-corrected chi connectivity index (χ0v) is 10.9. The Hall–Kier alpha value is -2.03. The van der Waals surface area contributed by atoms with Crippen LogP contribution in [0.2, 0.25) is 0 Å². The number of rotatable bonds is 5. The second-order valence-electron chi connectivity index (χ2n) is 4.32. The van der Waals surface area contributed by atoms with Crippen LogP contribution in [-0.4, -0.2) is 18.6 Å². The lowest BCUT2D eigenvalue weighted by molar-refractivity contribution is 1.00. The van der Waals surface area contributed by atoms with E-state index in [4.69, 9.17) is 0 Å². The molecule has 0 bridgehead atoms. The highest BCUT2D eigenvalue weighted by molar-refractivity contribution is 5.44. The summed E-state index contributed by atoms with van der Waals surface area (Å²) >= 11 is 0. The summed E-state index contributed by atoms with van der Waals surface area (Å²) in [5.74, 6) is 1.80. The van der Waals surface area contributed by atoms with E-state index in [0.29, 0.717) is 0 Å². The van der Waals surface area contributed by atoms with E-state index in [1.165, 1.54) is 11.1 Å². The molecule has 0 fully saturated rings. The fraction of sp³-hybridized carbons (Fsp3) is 0.267. The van der Waals surface area contributed by atoms with Crippen molar-refractivity contribution < 1.29 is 0 Å². The number of anilines is 2. The van der Waals surface area contributed by atoms with Crippen LogP contribution in [0.25, 0.3) is 0 Å². The zero-order chi connectivity index (χ0) is 12.8. The Bertz CT molecular complexity index is 509. The van der Waals surface area contributed by atoms with Crippen LogP contribution in [0.5, 0.6) is 0 Å². The minimum Gasteiger partial charge on any atom is -0.373 e. The molecule has 1 aromatic heterocycles. The minimum atomic E-state index is 0.885. The highest BCUT2D eigenvalue weighted by Crippen LogP contribution is 2.09. The highest BCUT2D eigenvalue weighted by atomic mass is 15.0. The van der Waals surface area contributed by atoms with Gasteiger partial charge >= 0.3 is 0 Å². The van der Waals surface area contributed by atoms with Crippen molar-refractivity contribution in [1.29, 1.82) is 0 Å². The standard InChI is InChI=1S/C15H19N3/c1-12-5-3-6-13(11-12)9-10-17-15-8-4-7-14(16-2)18-15/h3-8,11H,9-10H2,1-2H3,(H2,16,17,18). The minimum absolute atomic E-state index is 0.885. The summed E-state index contributed by atoms with van der Waals surface area (Å²) in [5, 5.41) is 6.37. The third kappa shape index (κ3) is 3.48. The maximum Gasteiger partial charge on any atom is 0.128 e. The van der Waals surface area contributed by atoms with Gasteiger partial charge in [-0.25, -0.2) is 4.98 Å². The van der Waals surface area contributed by atoms with Crippen molar-refractivity contribution in [3.8, 4) is 0 Å². The van der Waals surface area contributed by atoms with Crippen molar-refractivity contribution in [1.82, 2.24) is 4.98 Å². The molecule has 94 valence electrons. The molecule has 0 spiro atoms. The summed E-state index contributed by atoms with van der Waals surface area (Å²) in [6.45, 7) is 3.01. The van der Waals surface area contributed by atoms with Gasteiger partial charge in [-0.1, -0.05) is 35.9 Å². The third-order valence-corrected chi connectivity index (χ3v) is 2.81. The Balaban J connectivity index is 1.88. The van der Waals surface area contributed by atoms with Gasteiger partial charge in [-0.15, -0.1) is 0 Å². The van der Waals surface area contributed by atoms with E-state index in [0.717, 1.165) is 24.6 Å². The monoisotopic (exact) mass is 241 g/mol. The van der Waals surface area contributed by atoms with Crippen molar-refractivity contribution in [2.45, 2.75) is 13.3 Å². The fourth-order valence-electron chi connectivity index (χ4n) is 1.87. The smallest absolute Gasteiger partial charge is 0.128 e. The van der Waals surface area contributed by atoms with Crippen LogP contribution in [0.3, 0.4) is 0 Å². The Labute approximate surface area is 108 Å². The first kappa shape index (κ1) is 12.4. The summed E-state index contributed by atoms with van der Waals surface area (Å²) in [5.41, 5.74) is 2.66. The first-order chi connectivity index (χ1) is 8.78. The van der Waals surface area contributed by atoms with E-state index in [-0.39, 0.29) is 0 Å². The zero-order valence-electron chi connectivity index (χ0n) is 10.9. The molecule has 2 N–H and O–H groups in total. The van der Waals surface area contributed by atoms with Gasteiger partial charge in [-0.3, -0.25) is 0 Å². The average Bonchev–Trinajstić information content (AvgIpc) is 2.39. The first-order valence-electron chi connectivity index (χ1n) is 6.22. The van der Waals surface area contributed by atoms with Gasteiger partial charge < -0.3 is 10.6 Å². The molecule has 0 unspecified atom stereocenters. The maximum atomic E-state index is 4.42. The van der Waals surface area contributed by atoms with Crippen molar-refractivity contribution in [2.24, 2.45) is 0 Å². The normalized spacial score (nSPS) is 10.1. The summed E-state index contributed by atoms with van der Waals surface area (Å²) in [6.07, 6.45) is 1.01. The van der Waals surface area contributed by atoms with E-state index >= 15 is 0 Å². The lowest BCUT2D eigenvalue weighted by Gasteiger charge is -2.07. The van der Waals surface area contributed by atoms with Crippen molar-refractivity contribution in [2.75, 3.05) is 24.2 Å². The van der Waals surface area contributed by atoms with E-state index in [9.17, 15) is 0 Å². The molecule has 0 aliphatic heterocycles. The number of hydrogen-bond donors (Lipinski definition) is 2. The van der Waals surface area contributed by atoms with E-state index in [2.05, 4.69) is 46.8 Å². The second-order valence-corrected chi connectivity index (χ2v) is 4.32. The van der Waals surface area contributed by atoms with Gasteiger partial charge in [-0.05, 0) is 31.0 Å². The summed E-state index contributed by atoms with van der Waals surface area (Å²) in [6, 6.07) is 14.5. The molecular weight excluding hydrogens is 222 g/mol. The molecule has 3 heteroatoms. The van der Waals surface area contributed by atoms with Gasteiger partial charge in [0.2, 0.25) is 0 Å². The summed E-state index contributed by atoms with van der Waals surface area (Å²) < 4.78 is 0. The van der Waals surface area contributed by atoms with Crippen LogP contribution in [0.1, 0.15) is 11.1 Å². The molecule has 18 heavy (non-hydrogen) atoms. The average molecular weight is 241 g/mol. The molecule has 2 rings (SSSR count). The number of aromatic nitrogens is 1. The predicted octanol–water partition coefficient (Wildman–Crippen LogP) is 3.09. The topological polar surface area (TPSA) is 37.0 Å². The first-order valence-corrected chi connectivity index (χ1v) is 6.22. The molecule has 0 atom stereocenters. The molecule has 0 saturated carbocycles. The van der Waals surface area contributed by atoms with Crippen LogP contribution in [0, 0.1) is 6.92 Å². The Morgan fingerprint density at radius 1 is 1.06 bits per heavy atom. The number of pyridine rings is 1. The lowest BCUT2D eigenvalue weighted by atomic mass is 10.1. The largest absolute Gasteiger partial charge is 0.373 e. The molecule has 0 saturated heterocycles. The molecule has 2 aromatic rings. The molecular formula is C15H19N3. The number of benzene rings is 1. The van der Waals surface area contributed by atoms with Gasteiger partial charge in [0.15, 0.2) is 0 Å². The SMILES string of the molecule is CNc1cccc(NCCc2cccc(C)c2)n1. The summed E-state index contributed by atoms with van der Waals surface area (Å²) in [4.78, 5) is 4.42. The lowest BCUT2D eigenvalue weighted by Crippen LogP contribution is -2.07. The van der Waals surface area contributed by atoms with Crippen LogP contribution < -0.4 is 10.6 Å². The van der Waals surface area contributed by atoms with Crippen LogP contribution >= 0.6 is 0 Å². The highest BCUT2D eigenvalue weighted by Gasteiger charge is 1.96. The number of nitrogens with one attached hydrogen (secondary N) is 2. The number of aryl methyl sites for hydroxylation is 1. The Morgan fingerprint density at radius 3 is 2.61 bits per heavy atom. The van der Waals surface area contributed by atoms with Crippen LogP contribution in [-0.2, 0) is 6.42 Å². The fourth-order valence-corrected chi connectivity index (χ4v) is 1.87. The van der Waals surface area contributed by atoms with E-state index in [1.54, 1.807) is 0 Å². The maximum absolute atomic E-state index is 4.42. The quantitative estimate of drug-likeness (QED) is 0.844. The molecule has 0 aliphatic rings.